The predicted octanol–water partition coefficient (Wildman–Crippen LogP) is 5.03. The number of esters is 2. The number of allylic oxidation sites excluding steroid dienone is 4. The zero-order valence-electron chi connectivity index (χ0n) is 39.6. The number of hydrogen-bond donors (Lipinski definition) is 8. The summed E-state index contributed by atoms with van der Waals surface area (Å²) in [5, 5.41) is 85.7. The minimum absolute atomic E-state index is 0.0296. The number of carbonyl (C=O) groups excluding carboxylic acids is 2. The molecule has 14 atom stereocenters. The molecule has 0 bridgehead atoms. The number of methoxy groups -OCH3 is 1. The monoisotopic (exact) mass is 986 g/mol. The second kappa shape index (κ2) is 24.4. The van der Waals surface area contributed by atoms with Crippen molar-refractivity contribution in [2.24, 2.45) is 5.92 Å². The van der Waals surface area contributed by atoms with E-state index in [0.717, 1.165) is 0 Å². The summed E-state index contributed by atoms with van der Waals surface area (Å²) in [6, 6.07) is 0. The molecule has 4 rings (SSSR count). The Morgan fingerprint density at radius 3 is 2.22 bits per heavy atom. The van der Waals surface area contributed by atoms with Gasteiger partial charge in [0.05, 0.1) is 47.2 Å². The molecule has 0 spiro atoms. The lowest BCUT2D eigenvalue weighted by molar-refractivity contribution is -0.331. The Kier molecular flexibility index (Phi) is 20.5. The van der Waals surface area contributed by atoms with Crippen LogP contribution in [0.5, 0.6) is 11.5 Å². The summed E-state index contributed by atoms with van der Waals surface area (Å²) in [4.78, 5) is 27.3. The molecule has 3 aliphatic rings. The SMILES string of the molecule is CCc1c(Cl)c(O)c(Cl)c(O)c1C(=O)O[C@H]1[C@H](O)[C@H](OC)[C@H](OC/C2=C\C=C\C[C@H](O)/C(C)=C/[C@H](CC)[C@@H](O[C@@H]3OC(C)(C)[C@@H](O)[C@H](O)[C@@H]3O)/C(C)=C/C(C)=C/C[C@@H](C(C)O)OC2=O)O[C@@H]1C. The fourth-order valence-corrected chi connectivity index (χ4v) is 8.70. The molecule has 0 aliphatic carbocycles. The van der Waals surface area contributed by atoms with Gasteiger partial charge in [-0.1, -0.05) is 73.0 Å². The van der Waals surface area contributed by atoms with Gasteiger partial charge in [0.15, 0.2) is 30.2 Å². The lowest BCUT2D eigenvalue weighted by atomic mass is 9.88. The van der Waals surface area contributed by atoms with Crippen LogP contribution in [0.15, 0.2) is 58.7 Å². The van der Waals surface area contributed by atoms with E-state index >= 15 is 0 Å². The first-order valence-electron chi connectivity index (χ1n) is 22.3. The number of ether oxygens (including phenoxy) is 7. The third-order valence-corrected chi connectivity index (χ3v) is 13.1. The number of aromatic hydroxyl groups is 2. The molecule has 8 N–H and O–H groups in total. The van der Waals surface area contributed by atoms with Crippen molar-refractivity contribution in [3.8, 4) is 11.5 Å². The first kappa shape index (κ1) is 56.2. The van der Waals surface area contributed by atoms with Crippen molar-refractivity contribution < 1.29 is 83.6 Å². The maximum Gasteiger partial charge on any atom is 0.342 e. The fraction of sp³-hybridized carbons (Fsp3) is 0.625. The maximum atomic E-state index is 13.9. The van der Waals surface area contributed by atoms with E-state index in [4.69, 9.17) is 56.4 Å². The van der Waals surface area contributed by atoms with Gasteiger partial charge in [-0.3, -0.25) is 0 Å². The Labute approximate surface area is 401 Å². The van der Waals surface area contributed by atoms with Crippen LogP contribution in [0.3, 0.4) is 0 Å². The van der Waals surface area contributed by atoms with Crippen molar-refractivity contribution in [2.75, 3.05) is 13.7 Å². The molecule has 0 saturated carbocycles. The van der Waals surface area contributed by atoms with Gasteiger partial charge in [-0.05, 0) is 90.5 Å². The summed E-state index contributed by atoms with van der Waals surface area (Å²) in [6.45, 7) is 14.7. The second-order valence-electron chi connectivity index (χ2n) is 17.8. The van der Waals surface area contributed by atoms with Gasteiger partial charge in [-0.25, -0.2) is 9.59 Å². The van der Waals surface area contributed by atoms with Gasteiger partial charge in [0.1, 0.15) is 47.2 Å². The van der Waals surface area contributed by atoms with Crippen molar-refractivity contribution >= 4 is 35.1 Å². The molecule has 1 aromatic carbocycles. The van der Waals surface area contributed by atoms with Gasteiger partial charge >= 0.3 is 11.9 Å². The largest absolute Gasteiger partial charge is 0.505 e. The number of rotatable bonds is 11. The lowest BCUT2D eigenvalue weighted by Gasteiger charge is -2.46. The Morgan fingerprint density at radius 1 is 0.940 bits per heavy atom. The topological polar surface area (TPSA) is 261 Å². The Hall–Kier alpha value is -3.40. The highest BCUT2D eigenvalue weighted by atomic mass is 35.5. The quantitative estimate of drug-likeness (QED) is 0.107. The van der Waals surface area contributed by atoms with Crippen LogP contribution in [-0.2, 0) is 44.4 Å². The predicted molar refractivity (Wildman–Crippen MR) is 246 cm³/mol. The van der Waals surface area contributed by atoms with Crippen LogP contribution in [0, 0.1) is 5.92 Å². The van der Waals surface area contributed by atoms with E-state index in [9.17, 15) is 50.4 Å². The summed E-state index contributed by atoms with van der Waals surface area (Å²) in [6.07, 6.45) is -5.33. The molecule has 0 aromatic heterocycles. The van der Waals surface area contributed by atoms with Gasteiger partial charge in [0.2, 0.25) is 0 Å². The van der Waals surface area contributed by atoms with E-state index in [1.165, 1.54) is 33.1 Å². The molecular weight excluding hydrogens is 919 g/mol. The number of halogens is 2. The van der Waals surface area contributed by atoms with E-state index in [2.05, 4.69) is 0 Å². The molecule has 17 nitrogen and oxygen atoms in total. The normalized spacial score (nSPS) is 36.6. The van der Waals surface area contributed by atoms with Crippen molar-refractivity contribution in [1.82, 2.24) is 0 Å². The molecule has 19 heteroatoms. The van der Waals surface area contributed by atoms with E-state index in [1.807, 2.05) is 32.9 Å². The van der Waals surface area contributed by atoms with Crippen molar-refractivity contribution in [3.05, 3.63) is 79.9 Å². The Morgan fingerprint density at radius 2 is 1.61 bits per heavy atom. The zero-order valence-corrected chi connectivity index (χ0v) is 41.1. The van der Waals surface area contributed by atoms with Crippen molar-refractivity contribution in [2.45, 2.75) is 173 Å². The highest BCUT2D eigenvalue weighted by molar-refractivity contribution is 6.39. The lowest BCUT2D eigenvalue weighted by Crippen LogP contribution is -2.63. The van der Waals surface area contributed by atoms with Gasteiger partial charge in [0, 0.05) is 19.4 Å². The van der Waals surface area contributed by atoms with Crippen LogP contribution < -0.4 is 0 Å². The highest BCUT2D eigenvalue weighted by Gasteiger charge is 2.50. The minimum atomic E-state index is -1.57. The maximum absolute atomic E-state index is 13.9. The summed E-state index contributed by atoms with van der Waals surface area (Å²) in [7, 11) is 1.26. The summed E-state index contributed by atoms with van der Waals surface area (Å²) < 4.78 is 41.5. The van der Waals surface area contributed by atoms with Gasteiger partial charge in [-0.2, -0.15) is 0 Å². The van der Waals surface area contributed by atoms with E-state index in [0.29, 0.717) is 23.1 Å². The van der Waals surface area contributed by atoms with Crippen LogP contribution in [-0.4, -0.2) is 152 Å². The van der Waals surface area contributed by atoms with E-state index in [-0.39, 0.29) is 41.3 Å². The number of carbonyl (C=O) groups is 2. The highest BCUT2D eigenvalue weighted by Crippen LogP contribution is 2.45. The molecule has 67 heavy (non-hydrogen) atoms. The number of aliphatic hydroxyl groups is 6. The van der Waals surface area contributed by atoms with Crippen molar-refractivity contribution in [1.29, 1.82) is 0 Å². The van der Waals surface area contributed by atoms with Crippen LogP contribution in [0.4, 0.5) is 0 Å². The average molecular weight is 988 g/mol. The number of hydrogen-bond acceptors (Lipinski definition) is 17. The van der Waals surface area contributed by atoms with E-state index in [1.54, 1.807) is 39.8 Å². The molecule has 376 valence electrons. The summed E-state index contributed by atoms with van der Waals surface area (Å²) in [5.41, 5.74) is 0.400. The van der Waals surface area contributed by atoms with Crippen LogP contribution in [0.2, 0.25) is 10.0 Å². The first-order chi connectivity index (χ1) is 31.4. The average Bonchev–Trinajstić information content (AvgIpc) is 3.27. The first-order valence-corrected chi connectivity index (χ1v) is 23.1. The molecular formula is C48H68Cl2O17. The van der Waals surface area contributed by atoms with Crippen LogP contribution in [0.25, 0.3) is 0 Å². The van der Waals surface area contributed by atoms with Crippen LogP contribution >= 0.6 is 23.2 Å². The van der Waals surface area contributed by atoms with Gasteiger partial charge in [-0.15, -0.1) is 0 Å². The second-order valence-corrected chi connectivity index (χ2v) is 18.6. The zero-order chi connectivity index (χ0) is 50.2. The minimum Gasteiger partial charge on any atom is -0.505 e. The molecule has 2 fully saturated rings. The number of cyclic esters (lactones) is 1. The summed E-state index contributed by atoms with van der Waals surface area (Å²) >= 11 is 12.3. The number of aliphatic hydroxyl groups excluding tert-OH is 6. The number of benzene rings is 1. The van der Waals surface area contributed by atoms with Crippen LogP contribution in [0.1, 0.15) is 97.5 Å². The molecule has 1 unspecified atom stereocenters. The fourth-order valence-electron chi connectivity index (χ4n) is 8.14. The molecule has 1 aromatic rings. The Bertz CT molecular complexity index is 2050. The van der Waals surface area contributed by atoms with Crippen molar-refractivity contribution in [3.63, 3.8) is 0 Å². The third-order valence-electron chi connectivity index (χ3n) is 12.3. The standard InChI is InChI=1S/C48H68Cl2O17/c1-11-27-20-23(4)30(52)16-14-13-15-28(21-62-47-42(61-10)39(57)41(26(7)63-47)65-45(60)32-29(12-2)33(49)36(54)34(50)35(32)53)44(59)64-31(25(6)51)18-17-22(3)19-24(5)40(27)66-46-38(56)37(55)43(58)48(8,9)67-46/h13-15,17,19-20,25-27,30-31,37-43,46-47,51-58H,11-12,16,18,21H2,1-10H3/b14-13+,22-17+,23-20+,24-19+,28-15+/t25?,26-,27+,30+,31+,37-,38+,39+,40+,41-,42+,43+,46-,47-/m1/s1. The third kappa shape index (κ3) is 13.5. The van der Waals surface area contributed by atoms with Gasteiger partial charge in [0.25, 0.3) is 0 Å². The molecule has 0 radical (unpaired) electrons. The molecule has 2 saturated heterocycles. The molecule has 3 heterocycles. The molecule has 3 aliphatic heterocycles. The van der Waals surface area contributed by atoms with Gasteiger partial charge < -0.3 is 74.0 Å². The smallest absolute Gasteiger partial charge is 0.342 e. The number of phenols is 2. The van der Waals surface area contributed by atoms with E-state index < -0.39 is 126 Å². The number of phenolic OH excluding ortho intramolecular Hbond substituents is 2. The molecule has 0 amide bonds. The Balaban J connectivity index is 1.60. The summed E-state index contributed by atoms with van der Waals surface area (Å²) in [5.74, 6) is -3.68.